The molecule has 0 unspecified atom stereocenters. The third-order valence-electron chi connectivity index (χ3n) is 3.89. The fourth-order valence-corrected chi connectivity index (χ4v) is 4.19. The lowest BCUT2D eigenvalue weighted by Crippen LogP contribution is -2.15. The summed E-state index contributed by atoms with van der Waals surface area (Å²) in [7, 11) is -2.35. The number of hydrogen-bond donors (Lipinski definition) is 1. The summed E-state index contributed by atoms with van der Waals surface area (Å²) in [5.74, 6) is 0.170. The van der Waals surface area contributed by atoms with E-state index >= 15 is 0 Å². The van der Waals surface area contributed by atoms with Crippen molar-refractivity contribution in [1.82, 2.24) is 9.78 Å². The number of methoxy groups -OCH3 is 1. The topological polar surface area (TPSA) is 73.2 Å². The van der Waals surface area contributed by atoms with Crippen molar-refractivity contribution in [3.63, 3.8) is 0 Å². The summed E-state index contributed by atoms with van der Waals surface area (Å²) < 4.78 is 48.0. The Hall–Kier alpha value is -2.87. The van der Waals surface area contributed by atoms with Crippen molar-refractivity contribution in [3.8, 4) is 11.4 Å². The van der Waals surface area contributed by atoms with E-state index in [1.165, 1.54) is 23.9 Å². The summed E-state index contributed by atoms with van der Waals surface area (Å²) in [5.41, 5.74) is 1.75. The van der Waals surface area contributed by atoms with Crippen LogP contribution < -0.4 is 9.46 Å². The second kappa shape index (κ2) is 6.80. The largest absolute Gasteiger partial charge is 0.497 e. The molecule has 0 radical (unpaired) electrons. The molecule has 1 aromatic heterocycles. The Bertz CT molecular complexity index is 1040. The Morgan fingerprint density at radius 3 is 2.46 bits per heavy atom. The number of halogens is 1. The van der Waals surface area contributed by atoms with Crippen molar-refractivity contribution in [2.75, 3.05) is 11.8 Å². The van der Waals surface area contributed by atoms with E-state index in [9.17, 15) is 12.8 Å². The van der Waals surface area contributed by atoms with E-state index < -0.39 is 10.0 Å². The SMILES string of the molecule is COc1cccc(NS(=O)(=O)c2c(C)nn(-c3ccc(F)cc3)c2C)c1. The molecule has 6 nitrogen and oxygen atoms in total. The molecular formula is C18H18FN3O3S. The van der Waals surface area contributed by atoms with Gasteiger partial charge in [0, 0.05) is 6.07 Å². The molecule has 0 bridgehead atoms. The Balaban J connectivity index is 2.01. The number of aryl methyl sites for hydroxylation is 1. The molecule has 1 heterocycles. The average molecular weight is 375 g/mol. The van der Waals surface area contributed by atoms with Crippen LogP contribution in [0.4, 0.5) is 10.1 Å². The highest BCUT2D eigenvalue weighted by Gasteiger charge is 2.25. The van der Waals surface area contributed by atoms with E-state index in [2.05, 4.69) is 9.82 Å². The first-order valence-corrected chi connectivity index (χ1v) is 9.29. The molecule has 2 aromatic carbocycles. The Morgan fingerprint density at radius 1 is 1.12 bits per heavy atom. The predicted octanol–water partition coefficient (Wildman–Crippen LogP) is 3.44. The quantitative estimate of drug-likeness (QED) is 0.741. The summed E-state index contributed by atoms with van der Waals surface area (Å²) in [6.07, 6.45) is 0. The second-order valence-corrected chi connectivity index (χ2v) is 7.34. The lowest BCUT2D eigenvalue weighted by Gasteiger charge is -2.10. The minimum absolute atomic E-state index is 0.0876. The molecule has 0 spiro atoms. The lowest BCUT2D eigenvalue weighted by molar-refractivity contribution is 0.415. The molecule has 3 aromatic rings. The van der Waals surface area contributed by atoms with Gasteiger partial charge in [-0.1, -0.05) is 6.07 Å². The zero-order valence-electron chi connectivity index (χ0n) is 14.5. The van der Waals surface area contributed by atoms with Gasteiger partial charge in [0.25, 0.3) is 10.0 Å². The van der Waals surface area contributed by atoms with Crippen molar-refractivity contribution < 1.29 is 17.5 Å². The van der Waals surface area contributed by atoms with Crippen molar-refractivity contribution in [3.05, 3.63) is 65.7 Å². The van der Waals surface area contributed by atoms with Gasteiger partial charge < -0.3 is 4.74 Å². The van der Waals surface area contributed by atoms with Crippen LogP contribution in [0, 0.1) is 19.7 Å². The van der Waals surface area contributed by atoms with Crippen molar-refractivity contribution in [2.45, 2.75) is 18.7 Å². The van der Waals surface area contributed by atoms with Crippen LogP contribution in [0.3, 0.4) is 0 Å². The van der Waals surface area contributed by atoms with Gasteiger partial charge in [0.15, 0.2) is 0 Å². The number of nitrogens with zero attached hydrogens (tertiary/aromatic N) is 2. The molecule has 0 fully saturated rings. The van der Waals surface area contributed by atoms with E-state index in [1.54, 1.807) is 50.2 Å². The zero-order valence-corrected chi connectivity index (χ0v) is 15.3. The van der Waals surface area contributed by atoms with Gasteiger partial charge in [0.05, 0.1) is 29.9 Å². The minimum Gasteiger partial charge on any atom is -0.497 e. The Labute approximate surface area is 151 Å². The van der Waals surface area contributed by atoms with Crippen LogP contribution in [0.25, 0.3) is 5.69 Å². The summed E-state index contributed by atoms with van der Waals surface area (Å²) in [4.78, 5) is 0.0876. The number of rotatable bonds is 5. The second-order valence-electron chi connectivity index (χ2n) is 5.73. The van der Waals surface area contributed by atoms with E-state index in [4.69, 9.17) is 4.74 Å². The monoisotopic (exact) mass is 375 g/mol. The van der Waals surface area contributed by atoms with Crippen LogP contribution in [0.15, 0.2) is 53.4 Å². The Morgan fingerprint density at radius 2 is 1.81 bits per heavy atom. The molecule has 0 saturated heterocycles. The summed E-state index contributed by atoms with van der Waals surface area (Å²) >= 11 is 0. The van der Waals surface area contributed by atoms with E-state index in [1.807, 2.05) is 0 Å². The maximum atomic E-state index is 13.1. The van der Waals surface area contributed by atoms with Crippen molar-refractivity contribution in [2.24, 2.45) is 0 Å². The molecule has 0 atom stereocenters. The highest BCUT2D eigenvalue weighted by atomic mass is 32.2. The number of ether oxygens (including phenoxy) is 1. The van der Waals surface area contributed by atoms with E-state index in [-0.39, 0.29) is 10.7 Å². The summed E-state index contributed by atoms with van der Waals surface area (Å²) in [5, 5.41) is 4.30. The first kappa shape index (κ1) is 17.9. The predicted molar refractivity (Wildman–Crippen MR) is 96.8 cm³/mol. The van der Waals surface area contributed by atoms with Crippen LogP contribution >= 0.6 is 0 Å². The molecule has 3 rings (SSSR count). The highest BCUT2D eigenvalue weighted by Crippen LogP contribution is 2.26. The van der Waals surface area contributed by atoms with Gasteiger partial charge in [-0.05, 0) is 50.2 Å². The van der Waals surface area contributed by atoms with Gasteiger partial charge in [-0.15, -0.1) is 0 Å². The zero-order chi connectivity index (χ0) is 18.9. The number of aromatic nitrogens is 2. The molecular weight excluding hydrogens is 357 g/mol. The molecule has 8 heteroatoms. The van der Waals surface area contributed by atoms with Crippen LogP contribution in [0.5, 0.6) is 5.75 Å². The third-order valence-corrected chi connectivity index (χ3v) is 5.52. The number of hydrogen-bond acceptors (Lipinski definition) is 4. The molecule has 0 saturated carbocycles. The van der Waals surface area contributed by atoms with Crippen LogP contribution in [0.2, 0.25) is 0 Å². The van der Waals surface area contributed by atoms with Gasteiger partial charge in [-0.25, -0.2) is 17.5 Å². The van der Waals surface area contributed by atoms with Crippen molar-refractivity contribution >= 4 is 15.7 Å². The molecule has 26 heavy (non-hydrogen) atoms. The Kier molecular flexibility index (Phi) is 4.69. The smallest absolute Gasteiger partial charge is 0.265 e. The van der Waals surface area contributed by atoms with Crippen LogP contribution in [0.1, 0.15) is 11.4 Å². The molecule has 0 aliphatic rings. The summed E-state index contributed by atoms with van der Waals surface area (Å²) in [6, 6.07) is 12.3. The standard InChI is InChI=1S/C18H18FN3O3S/c1-12-18(13(2)22(20-12)16-9-7-14(19)8-10-16)26(23,24)21-15-5-4-6-17(11-15)25-3/h4-11,21H,1-3H3. The molecule has 0 aliphatic carbocycles. The number of benzene rings is 2. The lowest BCUT2D eigenvalue weighted by atomic mass is 10.3. The van der Waals surface area contributed by atoms with Gasteiger partial charge in [0.1, 0.15) is 16.5 Å². The van der Waals surface area contributed by atoms with Gasteiger partial charge in [-0.2, -0.15) is 5.10 Å². The minimum atomic E-state index is -3.86. The highest BCUT2D eigenvalue weighted by molar-refractivity contribution is 7.92. The number of anilines is 1. The first-order chi connectivity index (χ1) is 12.3. The maximum absolute atomic E-state index is 13.1. The van der Waals surface area contributed by atoms with E-state index in [0.29, 0.717) is 28.5 Å². The average Bonchev–Trinajstić information content (AvgIpc) is 2.90. The molecule has 0 aliphatic heterocycles. The number of nitrogens with one attached hydrogen (secondary N) is 1. The van der Waals surface area contributed by atoms with Crippen molar-refractivity contribution in [1.29, 1.82) is 0 Å². The van der Waals surface area contributed by atoms with Gasteiger partial charge >= 0.3 is 0 Å². The van der Waals surface area contributed by atoms with Crippen LogP contribution in [-0.4, -0.2) is 25.3 Å². The third kappa shape index (κ3) is 3.41. The van der Waals surface area contributed by atoms with Gasteiger partial charge in [0.2, 0.25) is 0 Å². The van der Waals surface area contributed by atoms with E-state index in [0.717, 1.165) is 0 Å². The van der Waals surface area contributed by atoms with Crippen LogP contribution in [-0.2, 0) is 10.0 Å². The number of sulfonamides is 1. The fraction of sp³-hybridized carbons (Fsp3) is 0.167. The van der Waals surface area contributed by atoms with Gasteiger partial charge in [-0.3, -0.25) is 4.72 Å². The molecule has 0 amide bonds. The first-order valence-electron chi connectivity index (χ1n) is 7.81. The molecule has 1 N–H and O–H groups in total. The maximum Gasteiger partial charge on any atom is 0.265 e. The molecule has 136 valence electrons. The fourth-order valence-electron chi connectivity index (χ4n) is 2.74. The summed E-state index contributed by atoms with van der Waals surface area (Å²) in [6.45, 7) is 3.27. The normalized spacial score (nSPS) is 11.4.